The molecule has 2 aromatic rings. The summed E-state index contributed by atoms with van der Waals surface area (Å²) in [7, 11) is 0. The Balaban J connectivity index is 2.23. The van der Waals surface area contributed by atoms with Crippen molar-refractivity contribution in [2.75, 3.05) is 6.61 Å². The van der Waals surface area contributed by atoms with E-state index in [1.54, 1.807) is 0 Å². The molecule has 0 aliphatic rings. The van der Waals surface area contributed by atoms with Gasteiger partial charge in [0, 0.05) is 6.61 Å². The van der Waals surface area contributed by atoms with Gasteiger partial charge in [0.05, 0.1) is 0 Å². The van der Waals surface area contributed by atoms with Gasteiger partial charge in [0.25, 0.3) is 0 Å². The maximum Gasteiger partial charge on any atom is 0.0456 e. The van der Waals surface area contributed by atoms with Crippen molar-refractivity contribution in [1.82, 2.24) is 0 Å². The molecule has 90 valence electrons. The molecule has 0 unspecified atom stereocenters. The number of rotatable bonds is 4. The minimum atomic E-state index is 0.276. The number of hydrogen-bond acceptors (Lipinski definition) is 1. The summed E-state index contributed by atoms with van der Waals surface area (Å²) < 4.78 is 0. The highest BCUT2D eigenvalue weighted by atomic mass is 16.3. The summed E-state index contributed by atoms with van der Waals surface area (Å²) in [5.74, 6) is 0.873. The van der Waals surface area contributed by atoms with Gasteiger partial charge in [-0.1, -0.05) is 56.3 Å². The quantitative estimate of drug-likeness (QED) is 0.839. The molecule has 0 radical (unpaired) electrons. The van der Waals surface area contributed by atoms with Crippen LogP contribution in [0.3, 0.4) is 0 Å². The molecule has 0 aromatic heterocycles. The van der Waals surface area contributed by atoms with Gasteiger partial charge in [-0.25, -0.2) is 0 Å². The van der Waals surface area contributed by atoms with Crippen LogP contribution in [0.15, 0.2) is 42.5 Å². The Morgan fingerprint density at radius 1 is 1.00 bits per heavy atom. The van der Waals surface area contributed by atoms with E-state index >= 15 is 0 Å². The third-order valence-electron chi connectivity index (χ3n) is 3.41. The monoisotopic (exact) mass is 228 g/mol. The lowest BCUT2D eigenvalue weighted by Crippen LogP contribution is -2.05. The Hall–Kier alpha value is -1.34. The third kappa shape index (κ3) is 2.86. The van der Waals surface area contributed by atoms with Crippen molar-refractivity contribution in [3.63, 3.8) is 0 Å². The summed E-state index contributed by atoms with van der Waals surface area (Å²) >= 11 is 0. The molecular weight excluding hydrogens is 208 g/mol. The molecule has 1 nitrogen and oxygen atoms in total. The maximum absolute atomic E-state index is 9.10. The van der Waals surface area contributed by atoms with Crippen LogP contribution in [0.5, 0.6) is 0 Å². The molecule has 0 bridgehead atoms. The molecule has 17 heavy (non-hydrogen) atoms. The number of hydrogen-bond donors (Lipinski definition) is 1. The summed E-state index contributed by atoms with van der Waals surface area (Å²) in [5.41, 5.74) is 1.36. The van der Waals surface area contributed by atoms with Gasteiger partial charge in [0.15, 0.2) is 0 Å². The molecule has 0 saturated carbocycles. The molecule has 2 aromatic carbocycles. The van der Waals surface area contributed by atoms with Crippen LogP contribution < -0.4 is 0 Å². The van der Waals surface area contributed by atoms with Crippen molar-refractivity contribution in [1.29, 1.82) is 0 Å². The van der Waals surface area contributed by atoms with E-state index in [-0.39, 0.29) is 6.61 Å². The minimum absolute atomic E-state index is 0.276. The normalized spacial score (nSPS) is 14.8. The molecule has 2 rings (SSSR count). The van der Waals surface area contributed by atoms with Gasteiger partial charge in [-0.05, 0) is 34.6 Å². The molecule has 0 saturated heterocycles. The topological polar surface area (TPSA) is 20.2 Å². The highest BCUT2D eigenvalue weighted by Gasteiger charge is 2.10. The Labute approximate surface area is 103 Å². The average molecular weight is 228 g/mol. The van der Waals surface area contributed by atoms with E-state index in [4.69, 9.17) is 5.11 Å². The second-order valence-corrected chi connectivity index (χ2v) is 5.03. The highest BCUT2D eigenvalue weighted by molar-refractivity contribution is 5.83. The van der Waals surface area contributed by atoms with E-state index in [1.165, 1.54) is 16.3 Å². The first kappa shape index (κ1) is 12.1. The molecule has 1 heteroatoms. The lowest BCUT2D eigenvalue weighted by molar-refractivity contribution is 0.225. The molecule has 0 spiro atoms. The predicted molar refractivity (Wildman–Crippen MR) is 73.2 cm³/mol. The van der Waals surface area contributed by atoms with Crippen LogP contribution in [0.1, 0.15) is 31.7 Å². The van der Waals surface area contributed by atoms with Crippen molar-refractivity contribution in [3.8, 4) is 0 Å². The highest BCUT2D eigenvalue weighted by Crippen LogP contribution is 2.26. The van der Waals surface area contributed by atoms with Gasteiger partial charge in [-0.2, -0.15) is 0 Å². The predicted octanol–water partition coefficient (Wildman–Crippen LogP) is 3.96. The zero-order chi connectivity index (χ0) is 12.3. The molecule has 1 N–H and O–H groups in total. The standard InChI is InChI=1S/C16H20O/c1-12(11-17)9-13(2)15-8-7-14-5-3-4-6-16(14)10-15/h3-8,10,12-13,17H,9,11H2,1-2H3/t12-,13+/m0/s1. The van der Waals surface area contributed by atoms with Gasteiger partial charge in [-0.3, -0.25) is 0 Å². The average Bonchev–Trinajstić information content (AvgIpc) is 2.38. The number of aliphatic hydroxyl groups excluding tert-OH is 1. The Bertz CT molecular complexity index is 490. The van der Waals surface area contributed by atoms with Gasteiger partial charge < -0.3 is 5.11 Å². The van der Waals surface area contributed by atoms with Gasteiger partial charge in [0.2, 0.25) is 0 Å². The zero-order valence-corrected chi connectivity index (χ0v) is 10.6. The Morgan fingerprint density at radius 2 is 1.71 bits per heavy atom. The van der Waals surface area contributed by atoms with Gasteiger partial charge >= 0.3 is 0 Å². The first-order valence-corrected chi connectivity index (χ1v) is 6.30. The fourth-order valence-corrected chi connectivity index (χ4v) is 2.33. The Kier molecular flexibility index (Phi) is 3.80. The summed E-state index contributed by atoms with van der Waals surface area (Å²) in [6, 6.07) is 15.1. The van der Waals surface area contributed by atoms with Crippen molar-refractivity contribution in [2.24, 2.45) is 5.92 Å². The van der Waals surface area contributed by atoms with Crippen LogP contribution in [-0.2, 0) is 0 Å². The summed E-state index contributed by atoms with van der Waals surface area (Å²) in [4.78, 5) is 0. The molecule has 0 aliphatic heterocycles. The van der Waals surface area contributed by atoms with E-state index < -0.39 is 0 Å². The van der Waals surface area contributed by atoms with Crippen molar-refractivity contribution < 1.29 is 5.11 Å². The number of aliphatic hydroxyl groups is 1. The fourth-order valence-electron chi connectivity index (χ4n) is 2.33. The van der Waals surface area contributed by atoms with Crippen molar-refractivity contribution in [2.45, 2.75) is 26.2 Å². The second kappa shape index (κ2) is 5.33. The van der Waals surface area contributed by atoms with E-state index in [0.29, 0.717) is 11.8 Å². The smallest absolute Gasteiger partial charge is 0.0456 e. The lowest BCUT2D eigenvalue weighted by Gasteiger charge is -2.16. The molecule has 0 amide bonds. The van der Waals surface area contributed by atoms with E-state index in [0.717, 1.165) is 6.42 Å². The lowest BCUT2D eigenvalue weighted by atomic mass is 9.90. The largest absolute Gasteiger partial charge is 0.396 e. The minimum Gasteiger partial charge on any atom is -0.396 e. The third-order valence-corrected chi connectivity index (χ3v) is 3.41. The Morgan fingerprint density at radius 3 is 2.41 bits per heavy atom. The maximum atomic E-state index is 9.10. The summed E-state index contributed by atoms with van der Waals surface area (Å²) in [5, 5.41) is 11.7. The molecule has 0 heterocycles. The summed E-state index contributed by atoms with van der Waals surface area (Å²) in [6.07, 6.45) is 1.04. The van der Waals surface area contributed by atoms with Gasteiger partial charge in [0.1, 0.15) is 0 Å². The van der Waals surface area contributed by atoms with Crippen molar-refractivity contribution in [3.05, 3.63) is 48.0 Å². The van der Waals surface area contributed by atoms with Crippen molar-refractivity contribution >= 4 is 10.8 Å². The van der Waals surface area contributed by atoms with Crippen LogP contribution in [0.2, 0.25) is 0 Å². The van der Waals surface area contributed by atoms with Crippen LogP contribution in [-0.4, -0.2) is 11.7 Å². The van der Waals surface area contributed by atoms with E-state index in [1.807, 2.05) is 0 Å². The van der Waals surface area contributed by atoms with Crippen LogP contribution in [0.4, 0.5) is 0 Å². The van der Waals surface area contributed by atoms with Gasteiger partial charge in [-0.15, -0.1) is 0 Å². The molecule has 0 fully saturated rings. The first-order valence-electron chi connectivity index (χ1n) is 6.30. The fraction of sp³-hybridized carbons (Fsp3) is 0.375. The number of fused-ring (bicyclic) bond motifs is 1. The van der Waals surface area contributed by atoms with E-state index in [9.17, 15) is 0 Å². The zero-order valence-electron chi connectivity index (χ0n) is 10.6. The van der Waals surface area contributed by atoms with Crippen LogP contribution in [0.25, 0.3) is 10.8 Å². The second-order valence-electron chi connectivity index (χ2n) is 5.03. The van der Waals surface area contributed by atoms with E-state index in [2.05, 4.69) is 56.3 Å². The molecule has 0 aliphatic carbocycles. The van der Waals surface area contributed by atoms with Crippen LogP contribution in [0, 0.1) is 5.92 Å². The number of benzene rings is 2. The first-order chi connectivity index (χ1) is 8.20. The molecule has 2 atom stereocenters. The van der Waals surface area contributed by atoms with Crippen LogP contribution >= 0.6 is 0 Å². The SMILES string of the molecule is C[C@H](CO)C[C@@H](C)c1ccc2ccccc2c1. The summed E-state index contributed by atoms with van der Waals surface area (Å²) in [6.45, 7) is 4.60. The molecular formula is C16H20O.